The highest BCUT2D eigenvalue weighted by molar-refractivity contribution is 7.91. The predicted octanol–water partition coefficient (Wildman–Crippen LogP) is 1.04. The minimum Gasteiger partial charge on any atom is -0.352 e. The van der Waals surface area contributed by atoms with Gasteiger partial charge in [0.2, 0.25) is 15.9 Å². The van der Waals surface area contributed by atoms with Crippen molar-refractivity contribution in [3.63, 3.8) is 0 Å². The van der Waals surface area contributed by atoms with Crippen LogP contribution in [0.4, 0.5) is 0 Å². The minimum absolute atomic E-state index is 0.0114. The highest BCUT2D eigenvalue weighted by atomic mass is 35.5. The maximum atomic E-state index is 12.6. The van der Waals surface area contributed by atoms with E-state index in [-0.39, 0.29) is 47.4 Å². The Kier molecular flexibility index (Phi) is 5.62. The number of hydrogen-bond donors (Lipinski definition) is 1. The van der Waals surface area contributed by atoms with E-state index in [4.69, 9.17) is 11.6 Å². The van der Waals surface area contributed by atoms with Crippen molar-refractivity contribution in [3.8, 4) is 0 Å². The summed E-state index contributed by atoms with van der Waals surface area (Å²) in [6.07, 6.45) is 1.27. The first-order valence-electron chi connectivity index (χ1n) is 8.44. The van der Waals surface area contributed by atoms with E-state index in [0.29, 0.717) is 24.3 Å². The van der Waals surface area contributed by atoms with E-state index in [1.54, 1.807) is 0 Å². The third-order valence-corrected chi connectivity index (χ3v) is 8.79. The maximum Gasteiger partial charge on any atom is 0.243 e. The number of piperidine rings is 1. The van der Waals surface area contributed by atoms with Gasteiger partial charge in [-0.2, -0.15) is 4.31 Å². The lowest BCUT2D eigenvalue weighted by Gasteiger charge is -2.31. The lowest BCUT2D eigenvalue weighted by atomic mass is 9.97. The van der Waals surface area contributed by atoms with Gasteiger partial charge in [-0.3, -0.25) is 4.79 Å². The van der Waals surface area contributed by atoms with Gasteiger partial charge in [0.25, 0.3) is 0 Å². The number of benzene rings is 1. The first-order valence-corrected chi connectivity index (χ1v) is 12.1. The quantitative estimate of drug-likeness (QED) is 0.784. The standard InChI is InChI=1S/C16H21ClN2O5S2/c17-13-1-3-15(4-2-13)26(23,24)19-8-5-12(6-9-19)16(20)18-14-7-10-25(21,22)11-14/h1-4,12,14H,5-11H2,(H,18,20)/t14-/m1/s1. The molecule has 10 heteroatoms. The summed E-state index contributed by atoms with van der Waals surface area (Å²) >= 11 is 5.80. The second-order valence-electron chi connectivity index (χ2n) is 6.74. The summed E-state index contributed by atoms with van der Waals surface area (Å²) in [5.74, 6) is -0.385. The SMILES string of the molecule is O=C(N[C@@H]1CCS(=O)(=O)C1)C1CCN(S(=O)(=O)c2ccc(Cl)cc2)CC1. The molecular formula is C16H21ClN2O5S2. The summed E-state index contributed by atoms with van der Waals surface area (Å²) in [6, 6.07) is 5.67. The number of rotatable bonds is 4. The summed E-state index contributed by atoms with van der Waals surface area (Å²) in [6.45, 7) is 0.512. The predicted molar refractivity (Wildman–Crippen MR) is 98.1 cm³/mol. The zero-order valence-corrected chi connectivity index (χ0v) is 16.5. The molecular weight excluding hydrogens is 400 g/mol. The van der Waals surface area contributed by atoms with Gasteiger partial charge in [-0.15, -0.1) is 0 Å². The Labute approximate surface area is 158 Å². The van der Waals surface area contributed by atoms with Crippen molar-refractivity contribution in [2.45, 2.75) is 30.2 Å². The van der Waals surface area contributed by atoms with Gasteiger partial charge in [0.1, 0.15) is 0 Å². The fourth-order valence-electron chi connectivity index (χ4n) is 3.34. The normalized spacial score (nSPS) is 24.4. The Balaban J connectivity index is 1.57. The second-order valence-corrected chi connectivity index (χ2v) is 11.3. The summed E-state index contributed by atoms with van der Waals surface area (Å²) in [7, 11) is -6.65. The lowest BCUT2D eigenvalue weighted by Crippen LogP contribution is -2.45. The van der Waals surface area contributed by atoms with Crippen LogP contribution >= 0.6 is 11.6 Å². The molecule has 1 amide bonds. The number of carbonyl (C=O) groups is 1. The Morgan fingerprint density at radius 3 is 2.27 bits per heavy atom. The molecule has 1 aromatic carbocycles. The Morgan fingerprint density at radius 1 is 1.12 bits per heavy atom. The molecule has 7 nitrogen and oxygen atoms in total. The molecule has 1 atom stereocenters. The molecule has 2 heterocycles. The van der Waals surface area contributed by atoms with E-state index < -0.39 is 19.9 Å². The monoisotopic (exact) mass is 420 g/mol. The molecule has 144 valence electrons. The summed E-state index contributed by atoms with van der Waals surface area (Å²) in [5.41, 5.74) is 0. The number of nitrogens with zero attached hydrogens (tertiary/aromatic N) is 1. The Hall–Kier alpha value is -1.16. The zero-order chi connectivity index (χ0) is 18.9. The van der Waals surface area contributed by atoms with Crippen LogP contribution in [0.5, 0.6) is 0 Å². The van der Waals surface area contributed by atoms with Crippen molar-refractivity contribution in [2.75, 3.05) is 24.6 Å². The number of amides is 1. The molecule has 2 saturated heterocycles. The highest BCUT2D eigenvalue weighted by Gasteiger charge is 2.34. The van der Waals surface area contributed by atoms with Crippen molar-refractivity contribution in [1.29, 1.82) is 0 Å². The molecule has 2 aliphatic heterocycles. The van der Waals surface area contributed by atoms with Crippen LogP contribution in [-0.4, -0.2) is 57.7 Å². The molecule has 0 bridgehead atoms. The summed E-state index contributed by atoms with van der Waals surface area (Å²) < 4.78 is 49.6. The molecule has 1 aromatic rings. The second kappa shape index (κ2) is 7.46. The van der Waals surface area contributed by atoms with E-state index in [1.165, 1.54) is 28.6 Å². The molecule has 0 aromatic heterocycles. The van der Waals surface area contributed by atoms with Crippen LogP contribution in [0.15, 0.2) is 29.2 Å². The number of carbonyl (C=O) groups excluding carboxylic acids is 1. The number of nitrogens with one attached hydrogen (secondary N) is 1. The first-order chi connectivity index (χ1) is 12.2. The molecule has 0 spiro atoms. The van der Waals surface area contributed by atoms with E-state index in [1.807, 2.05) is 0 Å². The molecule has 26 heavy (non-hydrogen) atoms. The fourth-order valence-corrected chi connectivity index (χ4v) is 6.61. The van der Waals surface area contributed by atoms with E-state index in [2.05, 4.69) is 5.32 Å². The van der Waals surface area contributed by atoms with Crippen LogP contribution in [0.1, 0.15) is 19.3 Å². The van der Waals surface area contributed by atoms with Crippen molar-refractivity contribution in [2.24, 2.45) is 5.92 Å². The fraction of sp³-hybridized carbons (Fsp3) is 0.562. The molecule has 2 aliphatic rings. The third kappa shape index (κ3) is 4.39. The van der Waals surface area contributed by atoms with Crippen molar-refractivity contribution in [1.82, 2.24) is 9.62 Å². The van der Waals surface area contributed by atoms with Gasteiger partial charge < -0.3 is 5.32 Å². The Bertz CT molecular complexity index is 876. The largest absolute Gasteiger partial charge is 0.352 e. The van der Waals surface area contributed by atoms with Crippen molar-refractivity contribution in [3.05, 3.63) is 29.3 Å². The van der Waals surface area contributed by atoms with Gasteiger partial charge >= 0.3 is 0 Å². The smallest absolute Gasteiger partial charge is 0.243 e. The van der Waals surface area contributed by atoms with E-state index in [0.717, 1.165) is 0 Å². The van der Waals surface area contributed by atoms with Gasteiger partial charge in [-0.05, 0) is 43.5 Å². The van der Waals surface area contributed by atoms with Gasteiger partial charge in [-0.25, -0.2) is 16.8 Å². The molecule has 3 rings (SSSR count). The summed E-state index contributed by atoms with van der Waals surface area (Å²) in [4.78, 5) is 12.5. The summed E-state index contributed by atoms with van der Waals surface area (Å²) in [5, 5.41) is 3.26. The van der Waals surface area contributed by atoms with Crippen LogP contribution in [-0.2, 0) is 24.7 Å². The van der Waals surface area contributed by atoms with Crippen LogP contribution in [0.3, 0.4) is 0 Å². The number of sulfone groups is 1. The van der Waals surface area contributed by atoms with Crippen LogP contribution < -0.4 is 5.32 Å². The van der Waals surface area contributed by atoms with E-state index in [9.17, 15) is 21.6 Å². The van der Waals surface area contributed by atoms with Crippen LogP contribution in [0, 0.1) is 5.92 Å². The first kappa shape index (κ1) is 19.6. The third-order valence-electron chi connectivity index (χ3n) is 4.85. The minimum atomic E-state index is -3.60. The molecule has 0 radical (unpaired) electrons. The number of sulfonamides is 1. The van der Waals surface area contributed by atoms with Crippen LogP contribution in [0.25, 0.3) is 0 Å². The van der Waals surface area contributed by atoms with E-state index >= 15 is 0 Å². The van der Waals surface area contributed by atoms with Crippen molar-refractivity contribution >= 4 is 37.4 Å². The lowest BCUT2D eigenvalue weighted by molar-refractivity contribution is -0.126. The van der Waals surface area contributed by atoms with Crippen LogP contribution in [0.2, 0.25) is 5.02 Å². The molecule has 1 N–H and O–H groups in total. The van der Waals surface area contributed by atoms with Gasteiger partial charge in [0.15, 0.2) is 9.84 Å². The van der Waals surface area contributed by atoms with Crippen molar-refractivity contribution < 1.29 is 21.6 Å². The van der Waals surface area contributed by atoms with Gasteiger partial charge in [0.05, 0.1) is 16.4 Å². The van der Waals surface area contributed by atoms with Gasteiger partial charge in [-0.1, -0.05) is 11.6 Å². The molecule has 0 saturated carbocycles. The average molecular weight is 421 g/mol. The number of halogens is 1. The maximum absolute atomic E-state index is 12.6. The number of hydrogen-bond acceptors (Lipinski definition) is 5. The highest BCUT2D eigenvalue weighted by Crippen LogP contribution is 2.25. The molecule has 2 fully saturated rings. The molecule has 0 unspecified atom stereocenters. The topological polar surface area (TPSA) is 101 Å². The average Bonchev–Trinajstić information content (AvgIpc) is 2.94. The zero-order valence-electron chi connectivity index (χ0n) is 14.1. The van der Waals surface area contributed by atoms with Gasteiger partial charge in [0, 0.05) is 30.1 Å². The molecule has 0 aliphatic carbocycles. The Morgan fingerprint density at radius 2 is 1.73 bits per heavy atom.